The number of carboxylic acids is 1. The van der Waals surface area contributed by atoms with Crippen molar-refractivity contribution in [3.8, 4) is 5.88 Å². The number of aromatic nitrogens is 2. The van der Waals surface area contributed by atoms with Crippen LogP contribution in [0.15, 0.2) is 12.4 Å². The predicted molar refractivity (Wildman–Crippen MR) is 94.2 cm³/mol. The van der Waals surface area contributed by atoms with E-state index in [1.54, 1.807) is 7.11 Å². The molecular weight excluding hydrogens is 338 g/mol. The Hall–Kier alpha value is -2.42. The van der Waals surface area contributed by atoms with Crippen LogP contribution >= 0.6 is 0 Å². The monoisotopic (exact) mass is 363 g/mol. The number of carboxylic acid groups (broad SMARTS) is 1. The molecule has 1 aromatic rings. The number of carbonyl (C=O) groups is 2. The minimum atomic E-state index is -0.971. The third-order valence-electron chi connectivity index (χ3n) is 5.49. The number of hydrogen-bond acceptors (Lipinski definition) is 7. The molecule has 3 heterocycles. The van der Waals surface area contributed by atoms with Crippen LogP contribution in [0.1, 0.15) is 19.3 Å². The number of methoxy groups -OCH3 is 1. The second-order valence-corrected chi connectivity index (χ2v) is 6.95. The first kappa shape index (κ1) is 18.4. The van der Waals surface area contributed by atoms with Crippen molar-refractivity contribution in [2.24, 2.45) is 0 Å². The van der Waals surface area contributed by atoms with E-state index in [0.29, 0.717) is 25.3 Å². The number of amides is 1. The molecule has 0 aliphatic carbocycles. The summed E-state index contributed by atoms with van der Waals surface area (Å²) in [5.41, 5.74) is -0.181. The normalized spacial score (nSPS) is 24.6. The van der Waals surface area contributed by atoms with Crippen LogP contribution in [0.5, 0.6) is 5.88 Å². The molecule has 0 aromatic carbocycles. The number of hydrogen-bond donors (Lipinski definition) is 1. The first-order chi connectivity index (χ1) is 12.4. The molecule has 1 amide bonds. The molecule has 2 saturated heterocycles. The standard InChI is InChI=1S/C17H25N5O4/c1-20-7-8-22(13-9-14(26-2)19-12-18-13)11-17(20)4-3-15(23)21(6-5-17)10-16(24)25/h9,12H,3-8,10-11H2,1-2H3,(H,24,25). The fourth-order valence-electron chi connectivity index (χ4n) is 3.83. The van der Waals surface area contributed by atoms with Crippen molar-refractivity contribution in [2.45, 2.75) is 24.8 Å². The van der Waals surface area contributed by atoms with Gasteiger partial charge >= 0.3 is 5.97 Å². The number of aliphatic carboxylic acids is 1. The fourth-order valence-corrected chi connectivity index (χ4v) is 3.83. The van der Waals surface area contributed by atoms with Crippen LogP contribution in [0.3, 0.4) is 0 Å². The van der Waals surface area contributed by atoms with Gasteiger partial charge in [-0.2, -0.15) is 0 Å². The Morgan fingerprint density at radius 2 is 2.12 bits per heavy atom. The molecule has 0 radical (unpaired) electrons. The lowest BCUT2D eigenvalue weighted by atomic mass is 9.86. The number of anilines is 1. The van der Waals surface area contributed by atoms with Gasteiger partial charge in [0.25, 0.3) is 0 Å². The molecule has 1 aromatic heterocycles. The van der Waals surface area contributed by atoms with Gasteiger partial charge < -0.3 is 19.6 Å². The summed E-state index contributed by atoms with van der Waals surface area (Å²) in [5.74, 6) is 0.272. The average molecular weight is 363 g/mol. The molecule has 1 atom stereocenters. The lowest BCUT2D eigenvalue weighted by Crippen LogP contribution is -2.61. The molecule has 0 saturated carbocycles. The second kappa shape index (κ2) is 7.45. The highest BCUT2D eigenvalue weighted by atomic mass is 16.5. The summed E-state index contributed by atoms with van der Waals surface area (Å²) in [7, 11) is 3.65. The molecule has 9 heteroatoms. The van der Waals surface area contributed by atoms with Gasteiger partial charge in [0.2, 0.25) is 11.8 Å². The number of carbonyl (C=O) groups excluding carboxylic acids is 1. The van der Waals surface area contributed by atoms with Crippen molar-refractivity contribution in [3.63, 3.8) is 0 Å². The van der Waals surface area contributed by atoms with E-state index in [4.69, 9.17) is 9.84 Å². The average Bonchev–Trinajstić information content (AvgIpc) is 2.78. The maximum absolute atomic E-state index is 12.3. The smallest absolute Gasteiger partial charge is 0.323 e. The van der Waals surface area contributed by atoms with Gasteiger partial charge in [0.1, 0.15) is 18.7 Å². The zero-order chi connectivity index (χ0) is 18.7. The predicted octanol–water partition coefficient (Wildman–Crippen LogP) is 0.0729. The summed E-state index contributed by atoms with van der Waals surface area (Å²) in [5, 5.41) is 9.03. The van der Waals surface area contributed by atoms with Crippen LogP contribution in [0.2, 0.25) is 0 Å². The quantitative estimate of drug-likeness (QED) is 0.803. The van der Waals surface area contributed by atoms with Gasteiger partial charge in [-0.25, -0.2) is 9.97 Å². The second-order valence-electron chi connectivity index (χ2n) is 6.95. The highest BCUT2D eigenvalue weighted by molar-refractivity contribution is 5.81. The molecule has 2 aliphatic heterocycles. The topological polar surface area (TPSA) is 99.1 Å². The Morgan fingerprint density at radius 1 is 1.31 bits per heavy atom. The van der Waals surface area contributed by atoms with E-state index in [-0.39, 0.29) is 18.0 Å². The van der Waals surface area contributed by atoms with E-state index >= 15 is 0 Å². The van der Waals surface area contributed by atoms with Gasteiger partial charge in [-0.15, -0.1) is 0 Å². The Labute approximate surface area is 152 Å². The van der Waals surface area contributed by atoms with Crippen LogP contribution in [-0.4, -0.2) is 89.2 Å². The molecule has 26 heavy (non-hydrogen) atoms. The molecule has 2 fully saturated rings. The molecule has 2 aliphatic rings. The minimum absolute atomic E-state index is 0.0847. The van der Waals surface area contributed by atoms with Crippen LogP contribution in [0, 0.1) is 0 Å². The van der Waals surface area contributed by atoms with E-state index < -0.39 is 5.97 Å². The zero-order valence-electron chi connectivity index (χ0n) is 15.2. The van der Waals surface area contributed by atoms with Crippen molar-refractivity contribution >= 4 is 17.7 Å². The molecule has 0 bridgehead atoms. The summed E-state index contributed by atoms with van der Waals surface area (Å²) >= 11 is 0. The maximum Gasteiger partial charge on any atom is 0.323 e. The number of likely N-dealkylation sites (N-methyl/N-ethyl adjacent to an activating group) is 1. The van der Waals surface area contributed by atoms with E-state index in [2.05, 4.69) is 26.8 Å². The number of likely N-dealkylation sites (tertiary alicyclic amines) is 1. The Balaban J connectivity index is 1.79. The summed E-state index contributed by atoms with van der Waals surface area (Å²) in [6.07, 6.45) is 3.29. The van der Waals surface area contributed by atoms with Crippen molar-refractivity contribution in [3.05, 3.63) is 12.4 Å². The molecular formula is C17H25N5O4. The van der Waals surface area contributed by atoms with Gasteiger partial charge in [-0.1, -0.05) is 0 Å². The highest BCUT2D eigenvalue weighted by Gasteiger charge is 2.42. The number of piperazine rings is 1. The van der Waals surface area contributed by atoms with E-state index in [9.17, 15) is 9.59 Å². The number of nitrogens with zero attached hydrogens (tertiary/aromatic N) is 5. The minimum Gasteiger partial charge on any atom is -0.481 e. The van der Waals surface area contributed by atoms with E-state index in [1.807, 2.05) is 6.07 Å². The zero-order valence-corrected chi connectivity index (χ0v) is 15.2. The maximum atomic E-state index is 12.3. The Bertz CT molecular complexity index is 685. The summed E-state index contributed by atoms with van der Waals surface area (Å²) in [4.78, 5) is 37.7. The third kappa shape index (κ3) is 3.72. The van der Waals surface area contributed by atoms with Crippen molar-refractivity contribution in [1.82, 2.24) is 19.8 Å². The summed E-state index contributed by atoms with van der Waals surface area (Å²) in [6.45, 7) is 2.63. The third-order valence-corrected chi connectivity index (χ3v) is 5.49. The lowest BCUT2D eigenvalue weighted by Gasteiger charge is -2.49. The van der Waals surface area contributed by atoms with E-state index in [0.717, 1.165) is 31.9 Å². The van der Waals surface area contributed by atoms with Crippen molar-refractivity contribution < 1.29 is 19.4 Å². The Kier molecular flexibility index (Phi) is 5.26. The van der Waals surface area contributed by atoms with Gasteiger partial charge in [-0.05, 0) is 19.9 Å². The largest absolute Gasteiger partial charge is 0.481 e. The summed E-state index contributed by atoms with van der Waals surface area (Å²) < 4.78 is 5.19. The molecule has 142 valence electrons. The van der Waals surface area contributed by atoms with Crippen molar-refractivity contribution in [2.75, 3.05) is 51.8 Å². The first-order valence-corrected chi connectivity index (χ1v) is 8.75. The van der Waals surface area contributed by atoms with Gasteiger partial charge in [0.15, 0.2) is 0 Å². The molecule has 1 N–H and O–H groups in total. The van der Waals surface area contributed by atoms with Gasteiger partial charge in [0.05, 0.1) is 7.11 Å². The van der Waals surface area contributed by atoms with Gasteiger partial charge in [-0.3, -0.25) is 14.5 Å². The van der Waals surface area contributed by atoms with Crippen LogP contribution in [0.25, 0.3) is 0 Å². The first-order valence-electron chi connectivity index (χ1n) is 8.75. The fraction of sp³-hybridized carbons (Fsp3) is 0.647. The van der Waals surface area contributed by atoms with Crippen molar-refractivity contribution in [1.29, 1.82) is 0 Å². The Morgan fingerprint density at radius 3 is 2.85 bits per heavy atom. The number of ether oxygens (including phenoxy) is 1. The van der Waals surface area contributed by atoms with Crippen LogP contribution in [0.4, 0.5) is 5.82 Å². The number of rotatable bonds is 4. The molecule has 1 spiro atoms. The summed E-state index contributed by atoms with van der Waals surface area (Å²) in [6, 6.07) is 1.82. The highest BCUT2D eigenvalue weighted by Crippen LogP contribution is 2.33. The van der Waals surface area contributed by atoms with Crippen LogP contribution in [-0.2, 0) is 9.59 Å². The van der Waals surface area contributed by atoms with Gasteiger partial charge in [0, 0.05) is 44.2 Å². The SMILES string of the molecule is COc1cc(N2CCN(C)C3(CCC(=O)N(CC(=O)O)CC3)C2)ncn1. The lowest BCUT2D eigenvalue weighted by molar-refractivity contribution is -0.144. The van der Waals surface area contributed by atoms with E-state index in [1.165, 1.54) is 11.2 Å². The molecule has 1 unspecified atom stereocenters. The molecule has 9 nitrogen and oxygen atoms in total. The van der Waals surface area contributed by atoms with Crippen LogP contribution < -0.4 is 9.64 Å². The molecule has 3 rings (SSSR count).